The van der Waals surface area contributed by atoms with Gasteiger partial charge in [-0.15, -0.1) is 0 Å². The number of phenols is 1. The van der Waals surface area contributed by atoms with Crippen LogP contribution in [0.1, 0.15) is 24.2 Å². The van der Waals surface area contributed by atoms with Crippen LogP contribution in [-0.2, 0) is 6.42 Å². The Morgan fingerprint density at radius 1 is 1.05 bits per heavy atom. The van der Waals surface area contributed by atoms with Gasteiger partial charge in [0.25, 0.3) is 0 Å². The number of aliphatic hydroxyl groups is 1. The van der Waals surface area contributed by atoms with Crippen LogP contribution in [0.5, 0.6) is 11.5 Å². The first-order valence-electron chi connectivity index (χ1n) is 7.42. The highest BCUT2D eigenvalue weighted by Crippen LogP contribution is 2.17. The predicted octanol–water partition coefficient (Wildman–Crippen LogP) is 2.66. The minimum Gasteiger partial charge on any atom is -0.508 e. The third kappa shape index (κ3) is 4.76. The summed E-state index contributed by atoms with van der Waals surface area (Å²) < 4.78 is 5.14. The zero-order chi connectivity index (χ0) is 15.9. The molecule has 2 rings (SSSR count). The molecule has 0 saturated carbocycles. The average molecular weight is 301 g/mol. The minimum atomic E-state index is -0.584. The van der Waals surface area contributed by atoms with Crippen molar-refractivity contribution in [2.75, 3.05) is 13.7 Å². The Balaban J connectivity index is 1.81. The quantitative estimate of drug-likeness (QED) is 0.736. The molecule has 22 heavy (non-hydrogen) atoms. The zero-order valence-corrected chi connectivity index (χ0v) is 13.0. The van der Waals surface area contributed by atoms with Gasteiger partial charge in [0.2, 0.25) is 0 Å². The number of phenolic OH excluding ortho intramolecular Hbond substituents is 1. The second kappa shape index (κ2) is 7.82. The van der Waals surface area contributed by atoms with Crippen molar-refractivity contribution in [3.8, 4) is 11.5 Å². The molecular formula is C18H23NO3. The SMILES string of the molecule is COc1ccc(C[C@@H](C)NC[C@H](O)c2ccc(O)cc2)cc1. The Morgan fingerprint density at radius 2 is 1.68 bits per heavy atom. The number of hydrogen-bond acceptors (Lipinski definition) is 4. The van der Waals surface area contributed by atoms with E-state index in [2.05, 4.69) is 12.2 Å². The van der Waals surface area contributed by atoms with Gasteiger partial charge in [-0.05, 0) is 48.7 Å². The number of methoxy groups -OCH3 is 1. The highest BCUT2D eigenvalue weighted by molar-refractivity contribution is 5.28. The van der Waals surface area contributed by atoms with Crippen LogP contribution in [0.15, 0.2) is 48.5 Å². The first kappa shape index (κ1) is 16.3. The number of hydrogen-bond donors (Lipinski definition) is 3. The van der Waals surface area contributed by atoms with E-state index < -0.39 is 6.10 Å². The molecule has 4 heteroatoms. The van der Waals surface area contributed by atoms with Gasteiger partial charge in [0.05, 0.1) is 13.2 Å². The molecule has 0 spiro atoms. The van der Waals surface area contributed by atoms with Gasteiger partial charge in [0, 0.05) is 12.6 Å². The van der Waals surface area contributed by atoms with E-state index in [1.165, 1.54) is 5.56 Å². The molecule has 0 amide bonds. The van der Waals surface area contributed by atoms with Crippen molar-refractivity contribution in [1.29, 1.82) is 0 Å². The van der Waals surface area contributed by atoms with E-state index in [1.54, 1.807) is 31.4 Å². The highest BCUT2D eigenvalue weighted by Gasteiger charge is 2.10. The van der Waals surface area contributed by atoms with E-state index in [1.807, 2.05) is 24.3 Å². The Morgan fingerprint density at radius 3 is 2.27 bits per heavy atom. The Kier molecular flexibility index (Phi) is 5.81. The summed E-state index contributed by atoms with van der Waals surface area (Å²) in [6.07, 6.45) is 0.297. The maximum absolute atomic E-state index is 10.1. The molecule has 0 aromatic heterocycles. The molecule has 2 aromatic rings. The molecule has 0 heterocycles. The molecule has 0 aliphatic rings. The van der Waals surface area contributed by atoms with Gasteiger partial charge in [-0.3, -0.25) is 0 Å². The monoisotopic (exact) mass is 301 g/mol. The van der Waals surface area contributed by atoms with Gasteiger partial charge in [-0.1, -0.05) is 24.3 Å². The van der Waals surface area contributed by atoms with Gasteiger partial charge in [-0.25, -0.2) is 0 Å². The summed E-state index contributed by atoms with van der Waals surface area (Å²) in [6, 6.07) is 14.9. The van der Waals surface area contributed by atoms with Crippen molar-refractivity contribution in [2.45, 2.75) is 25.5 Å². The Labute approximate surface area is 131 Å². The lowest BCUT2D eigenvalue weighted by atomic mass is 10.1. The maximum atomic E-state index is 10.1. The van der Waals surface area contributed by atoms with E-state index in [-0.39, 0.29) is 11.8 Å². The lowest BCUT2D eigenvalue weighted by Crippen LogP contribution is -2.32. The third-order valence-electron chi connectivity index (χ3n) is 3.64. The van der Waals surface area contributed by atoms with Gasteiger partial charge >= 0.3 is 0 Å². The molecule has 0 aliphatic carbocycles. The van der Waals surface area contributed by atoms with Crippen molar-refractivity contribution in [3.05, 3.63) is 59.7 Å². The summed E-state index contributed by atoms with van der Waals surface area (Å²) in [4.78, 5) is 0. The normalized spacial score (nSPS) is 13.6. The minimum absolute atomic E-state index is 0.205. The fraction of sp³-hybridized carbons (Fsp3) is 0.333. The van der Waals surface area contributed by atoms with Crippen molar-refractivity contribution >= 4 is 0 Å². The van der Waals surface area contributed by atoms with Crippen LogP contribution in [0.3, 0.4) is 0 Å². The standard InChI is InChI=1S/C18H23NO3/c1-13(11-14-3-9-17(22-2)10-4-14)19-12-18(21)15-5-7-16(20)8-6-15/h3-10,13,18-21H,11-12H2,1-2H3/t13-,18+/m1/s1. The van der Waals surface area contributed by atoms with E-state index >= 15 is 0 Å². The fourth-order valence-corrected chi connectivity index (χ4v) is 2.31. The van der Waals surface area contributed by atoms with E-state index in [4.69, 9.17) is 4.74 Å². The molecule has 0 unspecified atom stereocenters. The Hall–Kier alpha value is -2.04. The van der Waals surface area contributed by atoms with Crippen molar-refractivity contribution in [1.82, 2.24) is 5.32 Å². The third-order valence-corrected chi connectivity index (χ3v) is 3.64. The maximum Gasteiger partial charge on any atom is 0.118 e. The second-order valence-electron chi connectivity index (χ2n) is 5.47. The number of aliphatic hydroxyl groups excluding tert-OH is 1. The van der Waals surface area contributed by atoms with E-state index in [9.17, 15) is 10.2 Å². The summed E-state index contributed by atoms with van der Waals surface area (Å²) in [6.45, 7) is 2.57. The second-order valence-corrected chi connectivity index (χ2v) is 5.47. The van der Waals surface area contributed by atoms with Crippen molar-refractivity contribution in [3.63, 3.8) is 0 Å². The summed E-state index contributed by atoms with van der Waals surface area (Å²) in [5, 5.41) is 22.7. The van der Waals surface area contributed by atoms with Gasteiger partial charge < -0.3 is 20.3 Å². The average Bonchev–Trinajstić information content (AvgIpc) is 2.54. The van der Waals surface area contributed by atoms with Gasteiger partial charge in [-0.2, -0.15) is 0 Å². The molecular weight excluding hydrogens is 278 g/mol. The summed E-state index contributed by atoms with van der Waals surface area (Å²) in [5.41, 5.74) is 2.02. The molecule has 0 bridgehead atoms. The number of ether oxygens (including phenoxy) is 1. The van der Waals surface area contributed by atoms with Crippen LogP contribution in [0, 0.1) is 0 Å². The fourth-order valence-electron chi connectivity index (χ4n) is 2.31. The lowest BCUT2D eigenvalue weighted by molar-refractivity contribution is 0.170. The van der Waals surface area contributed by atoms with Crippen LogP contribution in [0.4, 0.5) is 0 Å². The van der Waals surface area contributed by atoms with Crippen LogP contribution in [0.25, 0.3) is 0 Å². The molecule has 118 valence electrons. The number of aromatic hydroxyl groups is 1. The molecule has 4 nitrogen and oxygen atoms in total. The summed E-state index contributed by atoms with van der Waals surface area (Å²) in [7, 11) is 1.66. The zero-order valence-electron chi connectivity index (χ0n) is 13.0. The van der Waals surface area contributed by atoms with E-state index in [0.29, 0.717) is 6.54 Å². The molecule has 0 saturated heterocycles. The van der Waals surface area contributed by atoms with E-state index in [0.717, 1.165) is 17.7 Å². The van der Waals surface area contributed by atoms with Gasteiger partial charge in [0.1, 0.15) is 11.5 Å². The van der Waals surface area contributed by atoms with Crippen LogP contribution in [0.2, 0.25) is 0 Å². The van der Waals surface area contributed by atoms with Crippen LogP contribution >= 0.6 is 0 Å². The predicted molar refractivity (Wildman–Crippen MR) is 87.2 cm³/mol. The molecule has 2 aromatic carbocycles. The molecule has 0 radical (unpaired) electrons. The number of benzene rings is 2. The Bertz CT molecular complexity index is 566. The summed E-state index contributed by atoms with van der Waals surface area (Å²) in [5.74, 6) is 1.06. The molecule has 3 N–H and O–H groups in total. The number of rotatable bonds is 7. The van der Waals surface area contributed by atoms with Crippen molar-refractivity contribution in [2.24, 2.45) is 0 Å². The largest absolute Gasteiger partial charge is 0.508 e. The molecule has 0 aliphatic heterocycles. The first-order valence-corrected chi connectivity index (χ1v) is 7.42. The first-order chi connectivity index (χ1) is 10.6. The number of nitrogens with one attached hydrogen (secondary N) is 1. The smallest absolute Gasteiger partial charge is 0.118 e. The molecule has 0 fully saturated rings. The molecule has 2 atom stereocenters. The topological polar surface area (TPSA) is 61.7 Å². The van der Waals surface area contributed by atoms with Gasteiger partial charge in [0.15, 0.2) is 0 Å². The highest BCUT2D eigenvalue weighted by atomic mass is 16.5. The van der Waals surface area contributed by atoms with Crippen molar-refractivity contribution < 1.29 is 14.9 Å². The van der Waals surface area contributed by atoms with Crippen LogP contribution < -0.4 is 10.1 Å². The van der Waals surface area contributed by atoms with Crippen LogP contribution in [-0.4, -0.2) is 29.9 Å². The summed E-state index contributed by atoms with van der Waals surface area (Å²) >= 11 is 0. The lowest BCUT2D eigenvalue weighted by Gasteiger charge is -2.17.